The van der Waals surface area contributed by atoms with Crippen LogP contribution < -0.4 is 10.1 Å². The second-order valence-electron chi connectivity index (χ2n) is 7.31. The highest BCUT2D eigenvalue weighted by atomic mass is 16.5. The molecule has 4 rings (SSSR count). The normalized spacial score (nSPS) is 13.0. The van der Waals surface area contributed by atoms with Crippen LogP contribution in [0, 0.1) is 0 Å². The van der Waals surface area contributed by atoms with Crippen LogP contribution in [-0.2, 0) is 0 Å². The van der Waals surface area contributed by atoms with Crippen molar-refractivity contribution >= 4 is 16.9 Å². The highest BCUT2D eigenvalue weighted by Crippen LogP contribution is 2.29. The number of benzene rings is 3. The largest absolute Gasteiger partial charge is 0.496 e. The molecule has 0 aliphatic heterocycles. The van der Waals surface area contributed by atoms with Gasteiger partial charge in [-0.15, -0.1) is 0 Å². The number of carbonyl (C=O) groups excluding carboxylic acids is 1. The second kappa shape index (κ2) is 8.41. The van der Waals surface area contributed by atoms with Crippen molar-refractivity contribution in [3.63, 3.8) is 0 Å². The number of aromatic nitrogens is 2. The number of hydrogen-bond donors (Lipinski definition) is 1. The zero-order valence-electron chi connectivity index (χ0n) is 17.4. The van der Waals surface area contributed by atoms with Crippen molar-refractivity contribution in [1.29, 1.82) is 0 Å². The van der Waals surface area contributed by atoms with Gasteiger partial charge in [0.25, 0.3) is 5.91 Å². The average Bonchev–Trinajstić information content (AvgIpc) is 3.19. The van der Waals surface area contributed by atoms with Gasteiger partial charge in [0.2, 0.25) is 0 Å². The summed E-state index contributed by atoms with van der Waals surface area (Å²) in [6, 6.07) is 25.4. The topological polar surface area (TPSA) is 56.1 Å². The van der Waals surface area contributed by atoms with Gasteiger partial charge in [0.1, 0.15) is 11.6 Å². The third-order valence-corrected chi connectivity index (χ3v) is 5.38. The number of para-hydroxylation sites is 3. The molecule has 152 valence electrons. The van der Waals surface area contributed by atoms with E-state index in [9.17, 15) is 4.79 Å². The summed E-state index contributed by atoms with van der Waals surface area (Å²) in [6.07, 6.45) is 0. The van der Waals surface area contributed by atoms with Crippen molar-refractivity contribution in [3.8, 4) is 5.75 Å². The van der Waals surface area contributed by atoms with Gasteiger partial charge < -0.3 is 14.6 Å². The number of ether oxygens (including phenoxy) is 1. The van der Waals surface area contributed by atoms with Crippen molar-refractivity contribution in [3.05, 3.63) is 95.8 Å². The zero-order chi connectivity index (χ0) is 21.1. The lowest BCUT2D eigenvalue weighted by molar-refractivity contribution is 0.0934. The first-order chi connectivity index (χ1) is 14.6. The summed E-state index contributed by atoms with van der Waals surface area (Å²) in [5, 5.41) is 3.09. The molecule has 1 heterocycles. The lowest BCUT2D eigenvalue weighted by atomic mass is 10.1. The van der Waals surface area contributed by atoms with Crippen LogP contribution in [0.1, 0.15) is 47.7 Å². The number of nitrogens with one attached hydrogen (secondary N) is 1. The Morgan fingerprint density at radius 1 is 0.933 bits per heavy atom. The molecular formula is C25H25N3O2. The van der Waals surface area contributed by atoms with Crippen molar-refractivity contribution in [2.24, 2.45) is 0 Å². The highest BCUT2D eigenvalue weighted by Gasteiger charge is 2.23. The molecule has 0 bridgehead atoms. The van der Waals surface area contributed by atoms with Gasteiger partial charge in [-0.3, -0.25) is 4.79 Å². The van der Waals surface area contributed by atoms with Crippen molar-refractivity contribution in [2.45, 2.75) is 25.9 Å². The van der Waals surface area contributed by atoms with E-state index in [1.54, 1.807) is 19.2 Å². The summed E-state index contributed by atoms with van der Waals surface area (Å²) in [4.78, 5) is 17.8. The van der Waals surface area contributed by atoms with E-state index >= 15 is 0 Å². The van der Waals surface area contributed by atoms with Crippen LogP contribution in [0.25, 0.3) is 11.0 Å². The molecule has 0 saturated heterocycles. The van der Waals surface area contributed by atoms with E-state index in [4.69, 9.17) is 9.72 Å². The number of hydrogen-bond acceptors (Lipinski definition) is 3. The molecule has 0 fully saturated rings. The van der Waals surface area contributed by atoms with Crippen molar-refractivity contribution in [2.75, 3.05) is 7.11 Å². The van der Waals surface area contributed by atoms with E-state index < -0.39 is 0 Å². The standard InChI is InChI=1S/C25H25N3O2/c1-17(26-25(29)20-13-7-10-16-23(20)30-3)24-27-21-14-8-9-15-22(21)28(24)18(2)19-11-5-4-6-12-19/h4-18H,1-3H3,(H,26,29). The van der Waals surface area contributed by atoms with Gasteiger partial charge in [0.05, 0.1) is 35.8 Å². The Labute approximate surface area is 176 Å². The number of methoxy groups -OCH3 is 1. The molecule has 2 unspecified atom stereocenters. The van der Waals surface area contributed by atoms with E-state index in [1.807, 2.05) is 55.5 Å². The minimum absolute atomic E-state index is 0.0687. The minimum atomic E-state index is -0.291. The number of nitrogens with zero attached hydrogens (tertiary/aromatic N) is 2. The van der Waals surface area contributed by atoms with Gasteiger partial charge in [0.15, 0.2) is 0 Å². The van der Waals surface area contributed by atoms with E-state index in [0.29, 0.717) is 11.3 Å². The van der Waals surface area contributed by atoms with E-state index in [1.165, 1.54) is 5.56 Å². The summed E-state index contributed by atoms with van der Waals surface area (Å²) in [5.41, 5.74) is 3.65. The Morgan fingerprint density at radius 3 is 2.37 bits per heavy atom. The third kappa shape index (κ3) is 3.66. The van der Waals surface area contributed by atoms with Crippen LogP contribution in [0.4, 0.5) is 0 Å². The maximum Gasteiger partial charge on any atom is 0.255 e. The molecule has 1 aromatic heterocycles. The monoisotopic (exact) mass is 399 g/mol. The smallest absolute Gasteiger partial charge is 0.255 e. The molecule has 1 N–H and O–H groups in total. The number of carbonyl (C=O) groups is 1. The number of rotatable bonds is 6. The number of fused-ring (bicyclic) bond motifs is 1. The highest BCUT2D eigenvalue weighted by molar-refractivity contribution is 5.97. The molecule has 0 aliphatic rings. The summed E-state index contributed by atoms with van der Waals surface area (Å²) in [5.74, 6) is 1.18. The first-order valence-electron chi connectivity index (χ1n) is 10.1. The van der Waals surface area contributed by atoms with E-state index in [0.717, 1.165) is 16.9 Å². The van der Waals surface area contributed by atoms with Gasteiger partial charge in [-0.05, 0) is 43.7 Å². The quantitative estimate of drug-likeness (QED) is 0.488. The minimum Gasteiger partial charge on any atom is -0.496 e. The van der Waals surface area contributed by atoms with Crippen LogP contribution >= 0.6 is 0 Å². The van der Waals surface area contributed by atoms with Crippen LogP contribution in [0.2, 0.25) is 0 Å². The number of amides is 1. The average molecular weight is 399 g/mol. The summed E-state index contributed by atoms with van der Waals surface area (Å²) in [7, 11) is 1.57. The molecule has 0 saturated carbocycles. The Bertz CT molecular complexity index is 1170. The van der Waals surface area contributed by atoms with Gasteiger partial charge in [-0.2, -0.15) is 0 Å². The van der Waals surface area contributed by atoms with Crippen molar-refractivity contribution in [1.82, 2.24) is 14.9 Å². The molecule has 2 atom stereocenters. The fraction of sp³-hybridized carbons (Fsp3) is 0.200. The molecule has 1 amide bonds. The van der Waals surface area contributed by atoms with Gasteiger partial charge in [0, 0.05) is 0 Å². The van der Waals surface area contributed by atoms with Crippen LogP contribution in [0.15, 0.2) is 78.9 Å². The predicted molar refractivity (Wildman–Crippen MR) is 119 cm³/mol. The zero-order valence-corrected chi connectivity index (χ0v) is 17.4. The molecule has 0 spiro atoms. The summed E-state index contributed by atoms with van der Waals surface area (Å²) >= 11 is 0. The lowest BCUT2D eigenvalue weighted by Crippen LogP contribution is -2.29. The SMILES string of the molecule is COc1ccccc1C(=O)NC(C)c1nc2ccccc2n1C(C)c1ccccc1. The van der Waals surface area contributed by atoms with E-state index in [2.05, 4.69) is 35.0 Å². The fourth-order valence-electron chi connectivity index (χ4n) is 3.83. The van der Waals surface area contributed by atoms with Gasteiger partial charge in [-0.1, -0.05) is 54.6 Å². The van der Waals surface area contributed by atoms with Crippen molar-refractivity contribution < 1.29 is 9.53 Å². The first-order valence-corrected chi connectivity index (χ1v) is 10.1. The molecule has 3 aromatic carbocycles. The summed E-state index contributed by atoms with van der Waals surface area (Å²) in [6.45, 7) is 4.12. The molecule has 30 heavy (non-hydrogen) atoms. The molecule has 0 aliphatic carbocycles. The number of imidazole rings is 1. The Hall–Kier alpha value is -3.60. The molecular weight excluding hydrogens is 374 g/mol. The fourth-order valence-corrected chi connectivity index (χ4v) is 3.83. The van der Waals surface area contributed by atoms with Crippen LogP contribution in [0.5, 0.6) is 5.75 Å². The van der Waals surface area contributed by atoms with Gasteiger partial charge in [-0.25, -0.2) is 4.98 Å². The maximum atomic E-state index is 12.9. The maximum absolute atomic E-state index is 12.9. The third-order valence-electron chi connectivity index (χ3n) is 5.38. The second-order valence-corrected chi connectivity index (χ2v) is 7.31. The molecule has 5 heteroatoms. The molecule has 5 nitrogen and oxygen atoms in total. The van der Waals surface area contributed by atoms with Crippen LogP contribution in [0.3, 0.4) is 0 Å². The Morgan fingerprint density at radius 2 is 1.60 bits per heavy atom. The predicted octanol–water partition coefficient (Wildman–Crippen LogP) is 5.15. The molecule has 0 radical (unpaired) electrons. The van der Waals surface area contributed by atoms with E-state index in [-0.39, 0.29) is 18.0 Å². The lowest BCUT2D eigenvalue weighted by Gasteiger charge is -2.22. The summed E-state index contributed by atoms with van der Waals surface area (Å²) < 4.78 is 7.55. The van der Waals surface area contributed by atoms with Crippen LogP contribution in [-0.4, -0.2) is 22.6 Å². The van der Waals surface area contributed by atoms with Gasteiger partial charge >= 0.3 is 0 Å². The Kier molecular flexibility index (Phi) is 5.53. The molecule has 4 aromatic rings. The Balaban J connectivity index is 1.72. The first kappa shape index (κ1) is 19.7.